The first-order valence-electron chi connectivity index (χ1n) is 5.30. The van der Waals surface area contributed by atoms with Gasteiger partial charge in [-0.3, -0.25) is 4.79 Å². The second kappa shape index (κ2) is 5.14. The first-order valence-corrected chi connectivity index (χ1v) is 6.18. The van der Waals surface area contributed by atoms with Crippen molar-refractivity contribution in [1.82, 2.24) is 5.32 Å². The second-order valence-electron chi connectivity index (χ2n) is 3.81. The van der Waals surface area contributed by atoms with Crippen LogP contribution < -0.4 is 5.32 Å². The number of rotatable bonds is 2. The number of carbonyl (C=O) groups excluding carboxylic acids is 1. The molecule has 0 radical (unpaired) electrons. The minimum Gasteiger partial charge on any atom is -0.303 e. The average Bonchev–Trinajstić information content (AvgIpc) is 2.61. The van der Waals surface area contributed by atoms with Gasteiger partial charge in [0.25, 0.3) is 0 Å². The standard InChI is InChI=1S/C12H13N3OS/c1-8-3-5-10(6-4-8)7-13-15-12-14-11(16)9(2)17-12/h3-7,9H,1-2H3,(H,14,15,16)/b13-7+/t9-/m1/s1. The fraction of sp³-hybridized carbons (Fsp3) is 0.250. The van der Waals surface area contributed by atoms with Crippen LogP contribution >= 0.6 is 11.8 Å². The molecule has 1 aliphatic rings. The molecule has 1 heterocycles. The Morgan fingerprint density at radius 3 is 2.65 bits per heavy atom. The van der Waals surface area contributed by atoms with Crippen molar-refractivity contribution in [1.29, 1.82) is 0 Å². The van der Waals surface area contributed by atoms with Gasteiger partial charge in [0.2, 0.25) is 5.91 Å². The summed E-state index contributed by atoms with van der Waals surface area (Å²) >= 11 is 1.39. The smallest absolute Gasteiger partial charge is 0.239 e. The van der Waals surface area contributed by atoms with Crippen LogP contribution in [0.5, 0.6) is 0 Å². The van der Waals surface area contributed by atoms with Crippen molar-refractivity contribution in [2.24, 2.45) is 10.2 Å². The predicted molar refractivity (Wildman–Crippen MR) is 71.4 cm³/mol. The summed E-state index contributed by atoms with van der Waals surface area (Å²) in [6.45, 7) is 3.87. The zero-order chi connectivity index (χ0) is 12.3. The Hall–Kier alpha value is -1.62. The second-order valence-corrected chi connectivity index (χ2v) is 5.14. The molecule has 1 saturated heterocycles. The molecule has 1 aliphatic heterocycles. The van der Waals surface area contributed by atoms with Crippen molar-refractivity contribution in [2.75, 3.05) is 0 Å². The minimum atomic E-state index is -0.0803. The van der Waals surface area contributed by atoms with Crippen LogP contribution in [-0.2, 0) is 4.79 Å². The first-order chi connectivity index (χ1) is 8.15. The minimum absolute atomic E-state index is 0.0146. The van der Waals surface area contributed by atoms with Gasteiger partial charge in [-0.2, -0.15) is 5.10 Å². The molecule has 0 aliphatic carbocycles. The summed E-state index contributed by atoms with van der Waals surface area (Å²) in [5.41, 5.74) is 2.20. The molecule has 0 unspecified atom stereocenters. The van der Waals surface area contributed by atoms with Gasteiger partial charge in [0.1, 0.15) is 0 Å². The predicted octanol–water partition coefficient (Wildman–Crippen LogP) is 1.94. The van der Waals surface area contributed by atoms with Gasteiger partial charge in [0, 0.05) is 0 Å². The number of nitrogens with one attached hydrogen (secondary N) is 1. The molecule has 1 N–H and O–H groups in total. The highest BCUT2D eigenvalue weighted by Crippen LogP contribution is 2.18. The highest BCUT2D eigenvalue weighted by Gasteiger charge is 2.25. The fourth-order valence-electron chi connectivity index (χ4n) is 1.31. The van der Waals surface area contributed by atoms with E-state index in [-0.39, 0.29) is 11.2 Å². The van der Waals surface area contributed by atoms with E-state index in [9.17, 15) is 4.79 Å². The number of carbonyl (C=O) groups is 1. The van der Waals surface area contributed by atoms with Crippen molar-refractivity contribution in [3.8, 4) is 0 Å². The number of benzene rings is 1. The van der Waals surface area contributed by atoms with Crippen LogP contribution in [0.2, 0.25) is 0 Å². The van der Waals surface area contributed by atoms with Crippen LogP contribution in [0.4, 0.5) is 0 Å². The maximum atomic E-state index is 11.2. The van der Waals surface area contributed by atoms with Crippen LogP contribution in [0.3, 0.4) is 0 Å². The van der Waals surface area contributed by atoms with Gasteiger partial charge in [-0.25, -0.2) is 0 Å². The molecule has 1 fully saturated rings. The largest absolute Gasteiger partial charge is 0.303 e. The Kier molecular flexibility index (Phi) is 3.58. The molecule has 0 saturated carbocycles. The molecule has 88 valence electrons. The Bertz CT molecular complexity index is 479. The van der Waals surface area contributed by atoms with Crippen molar-refractivity contribution >= 4 is 29.1 Å². The molecule has 1 aromatic carbocycles. The summed E-state index contributed by atoms with van der Waals surface area (Å²) in [6, 6.07) is 7.98. The molecule has 0 bridgehead atoms. The number of amides is 1. The Balaban J connectivity index is 2.00. The lowest BCUT2D eigenvalue weighted by atomic mass is 10.2. The Morgan fingerprint density at radius 1 is 1.35 bits per heavy atom. The number of nitrogens with zero attached hydrogens (tertiary/aromatic N) is 2. The fourth-order valence-corrected chi connectivity index (χ4v) is 2.06. The van der Waals surface area contributed by atoms with Gasteiger partial charge < -0.3 is 5.32 Å². The molecule has 1 atom stereocenters. The molecule has 17 heavy (non-hydrogen) atoms. The summed E-state index contributed by atoms with van der Waals surface area (Å²) in [7, 11) is 0. The van der Waals surface area contributed by atoms with E-state index in [0.29, 0.717) is 5.17 Å². The maximum Gasteiger partial charge on any atom is 0.239 e. The molecule has 0 aromatic heterocycles. The quantitative estimate of drug-likeness (QED) is 0.641. The van der Waals surface area contributed by atoms with Crippen LogP contribution in [0.15, 0.2) is 34.5 Å². The van der Waals surface area contributed by atoms with E-state index in [4.69, 9.17) is 0 Å². The molecular formula is C12H13N3OS. The van der Waals surface area contributed by atoms with E-state index < -0.39 is 0 Å². The highest BCUT2D eigenvalue weighted by molar-refractivity contribution is 8.15. The number of amidine groups is 1. The summed E-state index contributed by atoms with van der Waals surface area (Å²) in [4.78, 5) is 11.2. The topological polar surface area (TPSA) is 53.8 Å². The van der Waals surface area contributed by atoms with E-state index in [0.717, 1.165) is 5.56 Å². The van der Waals surface area contributed by atoms with Crippen molar-refractivity contribution in [3.63, 3.8) is 0 Å². The SMILES string of the molecule is Cc1ccc(/C=N/N=C2/NC(=O)[C@@H](C)S2)cc1. The van der Waals surface area contributed by atoms with Gasteiger partial charge in [0.05, 0.1) is 11.5 Å². The number of aryl methyl sites for hydroxylation is 1. The normalized spacial score (nSPS) is 22.4. The van der Waals surface area contributed by atoms with E-state index in [2.05, 4.69) is 15.5 Å². The van der Waals surface area contributed by atoms with Crippen molar-refractivity contribution < 1.29 is 4.79 Å². The first kappa shape index (κ1) is 11.9. The number of hydrogen-bond donors (Lipinski definition) is 1. The van der Waals surface area contributed by atoms with Crippen LogP contribution in [0.25, 0.3) is 0 Å². The molecular weight excluding hydrogens is 234 g/mol. The van der Waals surface area contributed by atoms with Crippen molar-refractivity contribution in [3.05, 3.63) is 35.4 Å². The maximum absolute atomic E-state index is 11.2. The summed E-state index contributed by atoms with van der Waals surface area (Å²) in [6.07, 6.45) is 1.67. The van der Waals surface area contributed by atoms with Crippen LogP contribution in [0, 0.1) is 6.92 Å². The lowest BCUT2D eigenvalue weighted by molar-refractivity contribution is -0.118. The number of thioether (sulfide) groups is 1. The molecule has 2 rings (SSSR count). The summed E-state index contributed by atoms with van der Waals surface area (Å²) in [5, 5.41) is 11.0. The third kappa shape index (κ3) is 3.17. The molecule has 0 spiro atoms. The third-order valence-electron chi connectivity index (χ3n) is 2.32. The molecule has 1 amide bonds. The molecule has 4 nitrogen and oxygen atoms in total. The summed E-state index contributed by atoms with van der Waals surface area (Å²) in [5.74, 6) is -0.0146. The Labute approximate surface area is 104 Å². The number of hydrogen-bond acceptors (Lipinski definition) is 4. The highest BCUT2D eigenvalue weighted by atomic mass is 32.2. The lowest BCUT2D eigenvalue weighted by Crippen LogP contribution is -2.23. The van der Waals surface area contributed by atoms with E-state index >= 15 is 0 Å². The zero-order valence-corrected chi connectivity index (χ0v) is 10.5. The van der Waals surface area contributed by atoms with Crippen LogP contribution in [-0.4, -0.2) is 22.5 Å². The van der Waals surface area contributed by atoms with Gasteiger partial charge in [-0.15, -0.1) is 5.10 Å². The lowest BCUT2D eigenvalue weighted by Gasteiger charge is -1.93. The van der Waals surface area contributed by atoms with Crippen molar-refractivity contribution in [2.45, 2.75) is 19.1 Å². The zero-order valence-electron chi connectivity index (χ0n) is 9.68. The molecule has 5 heteroatoms. The van der Waals surface area contributed by atoms with E-state index in [1.165, 1.54) is 17.3 Å². The van der Waals surface area contributed by atoms with Gasteiger partial charge in [0.15, 0.2) is 5.17 Å². The van der Waals surface area contributed by atoms with Gasteiger partial charge >= 0.3 is 0 Å². The third-order valence-corrected chi connectivity index (χ3v) is 3.30. The summed E-state index contributed by atoms with van der Waals surface area (Å²) < 4.78 is 0. The average molecular weight is 247 g/mol. The van der Waals surface area contributed by atoms with Gasteiger partial charge in [-0.1, -0.05) is 41.6 Å². The van der Waals surface area contributed by atoms with Crippen LogP contribution in [0.1, 0.15) is 18.1 Å². The monoisotopic (exact) mass is 247 g/mol. The van der Waals surface area contributed by atoms with E-state index in [1.54, 1.807) is 6.21 Å². The Morgan fingerprint density at radius 2 is 2.06 bits per heavy atom. The van der Waals surface area contributed by atoms with E-state index in [1.807, 2.05) is 38.1 Å². The molecule has 1 aromatic rings. The van der Waals surface area contributed by atoms with Gasteiger partial charge in [-0.05, 0) is 19.4 Å².